The molecule has 0 saturated carbocycles. The van der Waals surface area contributed by atoms with Crippen molar-refractivity contribution in [2.24, 2.45) is 11.8 Å². The Morgan fingerprint density at radius 3 is 2.19 bits per heavy atom. The molecule has 1 unspecified atom stereocenters. The first-order valence-corrected chi connectivity index (χ1v) is 10.1. The lowest BCUT2D eigenvalue weighted by atomic mass is 9.81. The first kappa shape index (κ1) is 21.1. The Kier molecular flexibility index (Phi) is 6.78. The van der Waals surface area contributed by atoms with Crippen molar-refractivity contribution in [3.05, 3.63) is 41.5 Å². The second-order valence-electron chi connectivity index (χ2n) is 6.43. The Bertz CT molecular complexity index is 812. The molecule has 1 aromatic carbocycles. The number of hydrogen-bond acceptors (Lipinski definition) is 6. The fraction of sp³-hybridized carbons (Fsp3) is 0.474. The van der Waals surface area contributed by atoms with Crippen molar-refractivity contribution in [3.8, 4) is 0 Å². The van der Waals surface area contributed by atoms with Crippen molar-refractivity contribution < 1.29 is 27.5 Å². The van der Waals surface area contributed by atoms with Gasteiger partial charge in [-0.3, -0.25) is 9.59 Å². The highest BCUT2D eigenvalue weighted by Gasteiger charge is 2.42. The van der Waals surface area contributed by atoms with Crippen LogP contribution in [0.25, 0.3) is 0 Å². The quantitative estimate of drug-likeness (QED) is 0.430. The van der Waals surface area contributed by atoms with E-state index in [2.05, 4.69) is 0 Å². The van der Waals surface area contributed by atoms with Gasteiger partial charge >= 0.3 is 11.9 Å². The second-order valence-corrected chi connectivity index (χ2v) is 8.37. The molecule has 148 valence electrons. The number of ether oxygens (including phenoxy) is 2. The van der Waals surface area contributed by atoms with E-state index in [1.165, 1.54) is 18.5 Å². The lowest BCUT2D eigenvalue weighted by molar-refractivity contribution is -0.161. The predicted octanol–water partition coefficient (Wildman–Crippen LogP) is 1.91. The van der Waals surface area contributed by atoms with Crippen molar-refractivity contribution >= 4 is 22.0 Å². The number of sulfonamides is 1. The van der Waals surface area contributed by atoms with Crippen LogP contribution in [0.1, 0.15) is 18.9 Å². The first-order valence-electron chi connectivity index (χ1n) is 8.63. The summed E-state index contributed by atoms with van der Waals surface area (Å²) in [5.74, 6) is -2.92. The highest BCUT2D eigenvalue weighted by Crippen LogP contribution is 2.33. The van der Waals surface area contributed by atoms with Crippen LogP contribution in [0, 0.1) is 18.8 Å². The van der Waals surface area contributed by atoms with Gasteiger partial charge in [-0.2, -0.15) is 4.31 Å². The maximum absolute atomic E-state index is 12.9. The van der Waals surface area contributed by atoms with E-state index in [9.17, 15) is 18.0 Å². The van der Waals surface area contributed by atoms with Gasteiger partial charge in [-0.1, -0.05) is 29.3 Å². The zero-order valence-electron chi connectivity index (χ0n) is 16.0. The molecule has 1 fully saturated rings. The Hall–Kier alpha value is -2.19. The Morgan fingerprint density at radius 2 is 1.70 bits per heavy atom. The molecule has 7 nitrogen and oxygen atoms in total. The van der Waals surface area contributed by atoms with Gasteiger partial charge in [0.25, 0.3) is 0 Å². The van der Waals surface area contributed by atoms with Crippen LogP contribution < -0.4 is 0 Å². The molecule has 0 bridgehead atoms. The van der Waals surface area contributed by atoms with Gasteiger partial charge in [0.2, 0.25) is 10.0 Å². The van der Waals surface area contributed by atoms with Crippen LogP contribution in [0.5, 0.6) is 0 Å². The Labute approximate surface area is 160 Å². The van der Waals surface area contributed by atoms with Crippen LogP contribution in [0.15, 0.2) is 40.8 Å². The van der Waals surface area contributed by atoms with Gasteiger partial charge in [0.1, 0.15) is 0 Å². The molecule has 2 rings (SSSR count). The van der Waals surface area contributed by atoms with E-state index in [4.69, 9.17) is 9.47 Å². The predicted molar refractivity (Wildman–Crippen MR) is 99.3 cm³/mol. The molecule has 1 aromatic rings. The number of carbonyl (C=O) groups excluding carboxylic acids is 2. The van der Waals surface area contributed by atoms with E-state index in [0.717, 1.165) is 5.56 Å². The van der Waals surface area contributed by atoms with Gasteiger partial charge in [0.05, 0.1) is 19.1 Å². The van der Waals surface area contributed by atoms with Crippen molar-refractivity contribution in [1.29, 1.82) is 0 Å². The van der Waals surface area contributed by atoms with Crippen molar-refractivity contribution in [2.75, 3.05) is 27.3 Å². The minimum absolute atomic E-state index is 0.113. The van der Waals surface area contributed by atoms with E-state index in [-0.39, 0.29) is 18.0 Å². The third kappa shape index (κ3) is 4.39. The minimum Gasteiger partial charge on any atom is -0.468 e. The molecule has 0 aliphatic carbocycles. The normalized spacial score (nSPS) is 19.9. The number of esters is 2. The van der Waals surface area contributed by atoms with Crippen molar-refractivity contribution in [2.45, 2.75) is 25.2 Å². The molecular weight excluding hydrogens is 370 g/mol. The SMILES string of the molecule is C/C=C1\CN(S(=O)(=O)c2ccc(C)cc2)CCC1C(C(=O)OC)C(=O)OC. The van der Waals surface area contributed by atoms with E-state index in [0.29, 0.717) is 12.0 Å². The number of allylic oxidation sites excluding steroid dienone is 1. The third-order valence-electron chi connectivity index (χ3n) is 4.87. The van der Waals surface area contributed by atoms with E-state index >= 15 is 0 Å². The number of hydrogen-bond donors (Lipinski definition) is 0. The summed E-state index contributed by atoms with van der Waals surface area (Å²) < 4.78 is 36.7. The Balaban J connectivity index is 2.29. The molecule has 27 heavy (non-hydrogen) atoms. The summed E-state index contributed by atoms with van der Waals surface area (Å²) in [6.07, 6.45) is 2.07. The number of piperidine rings is 1. The van der Waals surface area contributed by atoms with E-state index in [1.807, 2.05) is 6.92 Å². The smallest absolute Gasteiger partial charge is 0.320 e. The summed E-state index contributed by atoms with van der Waals surface area (Å²) >= 11 is 0. The van der Waals surface area contributed by atoms with Crippen LogP contribution in [-0.2, 0) is 29.1 Å². The van der Waals surface area contributed by atoms with Crippen molar-refractivity contribution in [3.63, 3.8) is 0 Å². The minimum atomic E-state index is -3.66. The zero-order chi connectivity index (χ0) is 20.2. The molecule has 1 aliphatic heterocycles. The topological polar surface area (TPSA) is 90.0 Å². The highest BCUT2D eigenvalue weighted by molar-refractivity contribution is 7.89. The average Bonchev–Trinajstić information content (AvgIpc) is 2.68. The lowest BCUT2D eigenvalue weighted by Gasteiger charge is -2.35. The molecule has 1 atom stereocenters. The second kappa shape index (κ2) is 8.67. The monoisotopic (exact) mass is 395 g/mol. The van der Waals surface area contributed by atoms with Gasteiger partial charge < -0.3 is 9.47 Å². The Morgan fingerprint density at radius 1 is 1.15 bits per heavy atom. The highest BCUT2D eigenvalue weighted by atomic mass is 32.2. The van der Waals surface area contributed by atoms with Crippen LogP contribution in [0.4, 0.5) is 0 Å². The van der Waals surface area contributed by atoms with Crippen LogP contribution in [0.3, 0.4) is 0 Å². The summed E-state index contributed by atoms with van der Waals surface area (Å²) in [6, 6.07) is 6.66. The molecule has 1 heterocycles. The molecule has 0 spiro atoms. The maximum Gasteiger partial charge on any atom is 0.320 e. The number of aryl methyl sites for hydroxylation is 1. The average molecular weight is 395 g/mol. The molecular formula is C19H25NO6S. The molecule has 1 aliphatic rings. The standard InChI is InChI=1S/C19H25NO6S/c1-5-14-12-20(27(23,24)15-8-6-13(2)7-9-15)11-10-16(14)17(18(21)25-3)19(22)26-4/h5-9,16-17H,10-12H2,1-4H3/b14-5+. The van der Waals surface area contributed by atoms with Gasteiger partial charge in [-0.15, -0.1) is 0 Å². The third-order valence-corrected chi connectivity index (χ3v) is 6.73. The fourth-order valence-electron chi connectivity index (χ4n) is 3.30. The molecule has 0 radical (unpaired) electrons. The van der Waals surface area contributed by atoms with Gasteiger partial charge in [0, 0.05) is 19.0 Å². The summed E-state index contributed by atoms with van der Waals surface area (Å²) in [7, 11) is -1.24. The molecule has 0 amide bonds. The number of methoxy groups -OCH3 is 2. The summed E-state index contributed by atoms with van der Waals surface area (Å²) in [4.78, 5) is 24.5. The maximum atomic E-state index is 12.9. The number of carbonyl (C=O) groups is 2. The fourth-order valence-corrected chi connectivity index (χ4v) is 4.74. The molecule has 0 N–H and O–H groups in total. The largest absolute Gasteiger partial charge is 0.468 e. The summed E-state index contributed by atoms with van der Waals surface area (Å²) in [6.45, 7) is 3.96. The van der Waals surface area contributed by atoms with Gasteiger partial charge in [0.15, 0.2) is 5.92 Å². The number of rotatable bonds is 5. The lowest BCUT2D eigenvalue weighted by Crippen LogP contribution is -2.45. The van der Waals surface area contributed by atoms with Crippen LogP contribution >= 0.6 is 0 Å². The van der Waals surface area contributed by atoms with Crippen LogP contribution in [0.2, 0.25) is 0 Å². The number of benzene rings is 1. The van der Waals surface area contributed by atoms with Gasteiger partial charge in [-0.25, -0.2) is 8.42 Å². The molecule has 0 aromatic heterocycles. The first-order chi connectivity index (χ1) is 12.8. The van der Waals surface area contributed by atoms with Crippen molar-refractivity contribution in [1.82, 2.24) is 4.31 Å². The summed E-state index contributed by atoms with van der Waals surface area (Å²) in [5.41, 5.74) is 1.67. The number of nitrogens with zero attached hydrogens (tertiary/aromatic N) is 1. The van der Waals surface area contributed by atoms with Gasteiger partial charge in [-0.05, 0) is 32.4 Å². The molecule has 8 heteroatoms. The van der Waals surface area contributed by atoms with Crippen LogP contribution in [-0.4, -0.2) is 52.0 Å². The summed E-state index contributed by atoms with van der Waals surface area (Å²) in [5, 5.41) is 0. The van der Waals surface area contributed by atoms with E-state index < -0.39 is 33.8 Å². The molecule has 1 saturated heterocycles. The zero-order valence-corrected chi connectivity index (χ0v) is 16.8. The van der Waals surface area contributed by atoms with E-state index in [1.54, 1.807) is 37.3 Å².